The number of esters is 1. The molecule has 28 heavy (non-hydrogen) atoms. The molecule has 1 amide bonds. The summed E-state index contributed by atoms with van der Waals surface area (Å²) in [7, 11) is -3.09. The molecule has 1 aromatic carbocycles. The standard InChI is InChI=1S/C21H29NO5S/c1-15(2)16-7-9-17(10-8-16)21(24)27-13-20(23)22(18-5-3-4-6-18)19-11-12-28(25,26)14-19/h7-10,15,18-19H,3-6,11-14H2,1-2H3/t19-/m0/s1. The smallest absolute Gasteiger partial charge is 0.338 e. The van der Waals surface area contributed by atoms with Gasteiger partial charge >= 0.3 is 5.97 Å². The Bertz CT molecular complexity index is 810. The van der Waals surface area contributed by atoms with E-state index in [0.29, 0.717) is 17.9 Å². The van der Waals surface area contributed by atoms with Gasteiger partial charge in [-0.15, -0.1) is 0 Å². The van der Waals surface area contributed by atoms with Crippen LogP contribution in [0.25, 0.3) is 0 Å². The summed E-state index contributed by atoms with van der Waals surface area (Å²) in [6.45, 7) is 3.80. The van der Waals surface area contributed by atoms with Crippen molar-refractivity contribution in [2.24, 2.45) is 0 Å². The number of hydrogen-bond donors (Lipinski definition) is 0. The minimum absolute atomic E-state index is 0.0137. The summed E-state index contributed by atoms with van der Waals surface area (Å²) in [5.74, 6) is -0.319. The summed E-state index contributed by atoms with van der Waals surface area (Å²) in [5.41, 5.74) is 1.54. The van der Waals surface area contributed by atoms with Crippen molar-refractivity contribution in [3.05, 3.63) is 35.4 Å². The van der Waals surface area contributed by atoms with Crippen molar-refractivity contribution in [1.29, 1.82) is 0 Å². The molecule has 2 aliphatic rings. The van der Waals surface area contributed by atoms with Gasteiger partial charge < -0.3 is 9.64 Å². The molecule has 0 unspecified atom stereocenters. The van der Waals surface area contributed by atoms with E-state index in [1.807, 2.05) is 12.1 Å². The fourth-order valence-electron chi connectivity index (χ4n) is 4.17. The molecule has 1 aromatic rings. The molecular weight excluding hydrogens is 378 g/mol. The van der Waals surface area contributed by atoms with Crippen molar-refractivity contribution in [1.82, 2.24) is 4.90 Å². The molecule has 0 radical (unpaired) electrons. The Morgan fingerprint density at radius 2 is 1.71 bits per heavy atom. The maximum Gasteiger partial charge on any atom is 0.338 e. The van der Waals surface area contributed by atoms with Gasteiger partial charge in [-0.25, -0.2) is 13.2 Å². The molecule has 1 aliphatic heterocycles. The van der Waals surface area contributed by atoms with Gasteiger partial charge in [-0.3, -0.25) is 4.79 Å². The largest absolute Gasteiger partial charge is 0.452 e. The van der Waals surface area contributed by atoms with E-state index in [0.717, 1.165) is 31.2 Å². The fraction of sp³-hybridized carbons (Fsp3) is 0.619. The highest BCUT2D eigenvalue weighted by atomic mass is 32.2. The van der Waals surface area contributed by atoms with Gasteiger partial charge in [0, 0.05) is 12.1 Å². The molecule has 0 bridgehead atoms. The van der Waals surface area contributed by atoms with Gasteiger partial charge in [0.2, 0.25) is 0 Å². The van der Waals surface area contributed by atoms with Crippen LogP contribution in [0.1, 0.15) is 67.8 Å². The third-order valence-corrected chi connectivity index (χ3v) is 7.50. The van der Waals surface area contributed by atoms with Crippen LogP contribution >= 0.6 is 0 Å². The Labute approximate surface area is 167 Å². The van der Waals surface area contributed by atoms with Gasteiger partial charge in [-0.05, 0) is 42.9 Å². The number of carbonyl (C=O) groups is 2. The first kappa shape index (κ1) is 20.8. The third-order valence-electron chi connectivity index (χ3n) is 5.75. The van der Waals surface area contributed by atoms with E-state index >= 15 is 0 Å². The summed E-state index contributed by atoms with van der Waals surface area (Å²) in [5, 5.41) is 0. The fourth-order valence-corrected chi connectivity index (χ4v) is 5.88. The van der Waals surface area contributed by atoms with Crippen molar-refractivity contribution < 1.29 is 22.7 Å². The molecule has 154 valence electrons. The molecule has 1 saturated heterocycles. The van der Waals surface area contributed by atoms with E-state index in [1.54, 1.807) is 17.0 Å². The van der Waals surface area contributed by atoms with E-state index in [9.17, 15) is 18.0 Å². The maximum absolute atomic E-state index is 12.9. The number of ether oxygens (including phenoxy) is 1. The highest BCUT2D eigenvalue weighted by molar-refractivity contribution is 7.91. The number of carbonyl (C=O) groups excluding carboxylic acids is 2. The lowest BCUT2D eigenvalue weighted by atomic mass is 10.0. The minimum atomic E-state index is -3.09. The Kier molecular flexibility index (Phi) is 6.43. The first-order chi connectivity index (χ1) is 13.3. The van der Waals surface area contributed by atoms with E-state index in [-0.39, 0.29) is 36.1 Å². The van der Waals surface area contributed by atoms with Crippen LogP contribution in [-0.2, 0) is 19.4 Å². The van der Waals surface area contributed by atoms with Gasteiger partial charge in [0.25, 0.3) is 5.91 Å². The summed E-state index contributed by atoms with van der Waals surface area (Å²) >= 11 is 0. The number of rotatable bonds is 6. The Morgan fingerprint density at radius 3 is 2.25 bits per heavy atom. The number of sulfone groups is 1. The zero-order valence-electron chi connectivity index (χ0n) is 16.6. The highest BCUT2D eigenvalue weighted by Gasteiger charge is 2.39. The third kappa shape index (κ3) is 4.93. The number of nitrogens with zero attached hydrogens (tertiary/aromatic N) is 1. The van der Waals surface area contributed by atoms with Crippen LogP contribution in [0.3, 0.4) is 0 Å². The molecule has 2 fully saturated rings. The van der Waals surface area contributed by atoms with Crippen molar-refractivity contribution in [2.45, 2.75) is 64.0 Å². The minimum Gasteiger partial charge on any atom is -0.452 e. The van der Waals surface area contributed by atoms with E-state index in [4.69, 9.17) is 4.74 Å². The van der Waals surface area contributed by atoms with Crippen molar-refractivity contribution in [2.75, 3.05) is 18.1 Å². The molecule has 1 saturated carbocycles. The summed E-state index contributed by atoms with van der Waals surface area (Å²) in [4.78, 5) is 26.9. The Hall–Kier alpha value is -1.89. The summed E-state index contributed by atoms with van der Waals surface area (Å²) in [6.07, 6.45) is 4.31. The van der Waals surface area contributed by atoms with Crippen molar-refractivity contribution in [3.8, 4) is 0 Å². The lowest BCUT2D eigenvalue weighted by Crippen LogP contribution is -2.48. The van der Waals surface area contributed by atoms with Crippen LogP contribution < -0.4 is 0 Å². The zero-order chi connectivity index (χ0) is 20.3. The monoisotopic (exact) mass is 407 g/mol. The van der Waals surface area contributed by atoms with E-state index in [2.05, 4.69) is 13.8 Å². The molecule has 1 atom stereocenters. The predicted octanol–water partition coefficient (Wildman–Crippen LogP) is 2.93. The molecular formula is C21H29NO5S. The molecule has 7 heteroatoms. The van der Waals surface area contributed by atoms with Gasteiger partial charge in [0.15, 0.2) is 16.4 Å². The van der Waals surface area contributed by atoms with Crippen LogP contribution in [0.15, 0.2) is 24.3 Å². The summed E-state index contributed by atoms with van der Waals surface area (Å²) < 4.78 is 29.0. The van der Waals surface area contributed by atoms with Crippen molar-refractivity contribution >= 4 is 21.7 Å². The van der Waals surface area contributed by atoms with Gasteiger partial charge in [0.05, 0.1) is 17.1 Å². The van der Waals surface area contributed by atoms with Gasteiger partial charge in [-0.1, -0.05) is 38.8 Å². The molecule has 0 aromatic heterocycles. The molecule has 1 heterocycles. The number of hydrogen-bond acceptors (Lipinski definition) is 5. The highest BCUT2D eigenvalue weighted by Crippen LogP contribution is 2.29. The zero-order valence-corrected chi connectivity index (χ0v) is 17.4. The van der Waals surface area contributed by atoms with Crippen LogP contribution in [0, 0.1) is 0 Å². The lowest BCUT2D eigenvalue weighted by Gasteiger charge is -2.33. The Morgan fingerprint density at radius 1 is 1.07 bits per heavy atom. The topological polar surface area (TPSA) is 80.8 Å². The van der Waals surface area contributed by atoms with Gasteiger partial charge in [0.1, 0.15) is 0 Å². The lowest BCUT2D eigenvalue weighted by molar-refractivity contribution is -0.139. The molecule has 0 spiro atoms. The second-order valence-electron chi connectivity index (χ2n) is 8.15. The number of benzene rings is 1. The van der Waals surface area contributed by atoms with Crippen LogP contribution in [0.4, 0.5) is 0 Å². The number of amides is 1. The van der Waals surface area contributed by atoms with E-state index in [1.165, 1.54) is 0 Å². The average molecular weight is 408 g/mol. The van der Waals surface area contributed by atoms with Gasteiger partial charge in [-0.2, -0.15) is 0 Å². The quantitative estimate of drug-likeness (QED) is 0.678. The van der Waals surface area contributed by atoms with Crippen LogP contribution in [-0.4, -0.2) is 55.4 Å². The Balaban J connectivity index is 1.64. The van der Waals surface area contributed by atoms with E-state index < -0.39 is 15.8 Å². The summed E-state index contributed by atoms with van der Waals surface area (Å²) in [6, 6.07) is 6.94. The first-order valence-corrected chi connectivity index (χ1v) is 11.9. The molecule has 6 nitrogen and oxygen atoms in total. The van der Waals surface area contributed by atoms with Crippen molar-refractivity contribution in [3.63, 3.8) is 0 Å². The maximum atomic E-state index is 12.9. The molecule has 3 rings (SSSR count). The second-order valence-corrected chi connectivity index (χ2v) is 10.4. The SMILES string of the molecule is CC(C)c1ccc(C(=O)OCC(=O)N(C2CCCC2)[C@H]2CCS(=O)(=O)C2)cc1. The normalized spacial score (nSPS) is 21.8. The van der Waals surface area contributed by atoms with Crippen LogP contribution in [0.5, 0.6) is 0 Å². The second kappa shape index (κ2) is 8.64. The predicted molar refractivity (Wildman–Crippen MR) is 107 cm³/mol. The molecule has 0 N–H and O–H groups in total. The molecule has 1 aliphatic carbocycles. The first-order valence-electron chi connectivity index (χ1n) is 10.1. The average Bonchev–Trinajstić information content (AvgIpc) is 3.30. The van der Waals surface area contributed by atoms with Crippen LogP contribution in [0.2, 0.25) is 0 Å².